The third kappa shape index (κ3) is 6.44. The van der Waals surface area contributed by atoms with Gasteiger partial charge in [-0.1, -0.05) is 119 Å². The Hall–Kier alpha value is -6.17. The van der Waals surface area contributed by atoms with E-state index in [0.29, 0.717) is 16.7 Å². The molecular weight excluding hydrogens is 707 g/mol. The van der Waals surface area contributed by atoms with Crippen LogP contribution in [0.3, 0.4) is 0 Å². The first-order valence-electron chi connectivity index (χ1n) is 20.3. The van der Waals surface area contributed by atoms with Crippen LogP contribution in [0.15, 0.2) is 103 Å². The fraction of sp³-hybridized carbons (Fsp3) is 0.302. The number of pyridine rings is 1. The summed E-state index contributed by atoms with van der Waals surface area (Å²) in [5.74, 6) is 1.47. The average Bonchev–Trinajstić information content (AvgIpc) is 3.67. The highest BCUT2D eigenvalue weighted by Crippen LogP contribution is 2.41. The Kier molecular flexibility index (Phi) is 8.80. The molecule has 3 aromatic heterocycles. The molecule has 0 unspecified atom stereocenters. The standard InChI is InChI=1S/C53H53N5/c1-50(2,3)34-16-20-44-39(26-34)40-27-35(51(4,5)6)17-21-45(40)57(44)48-24-33(38-15-13-14-32(30-54)43(38)31-55)25-49(56-48)58-46-22-18-36(52(7,8)9)28-41(46)42-29-37(53(10,11)12)19-23-47(42)58/h13-29H,1-12H3. The summed E-state index contributed by atoms with van der Waals surface area (Å²) in [6, 6.07) is 41.6. The number of hydrogen-bond acceptors (Lipinski definition) is 3. The lowest BCUT2D eigenvalue weighted by molar-refractivity contribution is 0.590. The minimum atomic E-state index is -0.0364. The number of nitrogens with zero attached hydrogens (tertiary/aromatic N) is 5. The van der Waals surface area contributed by atoms with Gasteiger partial charge in [-0.3, -0.25) is 9.13 Å². The summed E-state index contributed by atoms with van der Waals surface area (Å²) >= 11 is 0. The number of nitriles is 2. The summed E-state index contributed by atoms with van der Waals surface area (Å²) in [5.41, 5.74) is 11.4. The van der Waals surface area contributed by atoms with Gasteiger partial charge in [0, 0.05) is 27.1 Å². The van der Waals surface area contributed by atoms with Crippen molar-refractivity contribution in [2.45, 2.75) is 105 Å². The molecule has 5 heteroatoms. The highest BCUT2D eigenvalue weighted by atomic mass is 15.1. The Bertz CT molecular complexity index is 2740. The molecular formula is C53H53N5. The SMILES string of the molecule is CC(C)(C)c1ccc2c(c1)c1cc(C(C)(C)C)ccc1n2-c1cc(-c2cccc(C#N)c2C#N)cc(-n2c3ccc(C(C)(C)C)cc3c3cc(C(C)(C)C)ccc32)n1. The Labute approximate surface area is 343 Å². The van der Waals surface area contributed by atoms with Crippen LogP contribution >= 0.6 is 0 Å². The van der Waals surface area contributed by atoms with Crippen LogP contribution in [-0.2, 0) is 21.7 Å². The van der Waals surface area contributed by atoms with Gasteiger partial charge in [0.15, 0.2) is 0 Å². The predicted octanol–water partition coefficient (Wildman–Crippen LogP) is 13.9. The molecule has 0 aliphatic heterocycles. The molecule has 0 atom stereocenters. The Morgan fingerprint density at radius 3 is 1.07 bits per heavy atom. The monoisotopic (exact) mass is 759 g/mol. The van der Waals surface area contributed by atoms with E-state index in [1.165, 1.54) is 43.8 Å². The summed E-state index contributed by atoms with van der Waals surface area (Å²) in [5, 5.41) is 25.3. The van der Waals surface area contributed by atoms with Crippen LogP contribution in [0, 0.1) is 22.7 Å². The molecule has 0 saturated carbocycles. The zero-order valence-corrected chi connectivity index (χ0v) is 36.1. The van der Waals surface area contributed by atoms with Gasteiger partial charge < -0.3 is 0 Å². The third-order valence-electron chi connectivity index (χ3n) is 11.9. The molecule has 58 heavy (non-hydrogen) atoms. The Balaban J connectivity index is 1.53. The van der Waals surface area contributed by atoms with E-state index in [-0.39, 0.29) is 21.7 Å². The van der Waals surface area contributed by atoms with Gasteiger partial charge in [-0.05, 0) is 116 Å². The van der Waals surface area contributed by atoms with E-state index in [2.05, 4.69) is 189 Å². The first kappa shape index (κ1) is 38.7. The normalized spacial score (nSPS) is 12.8. The molecule has 0 saturated heterocycles. The van der Waals surface area contributed by atoms with Crippen LogP contribution in [-0.4, -0.2) is 14.1 Å². The van der Waals surface area contributed by atoms with Crippen LogP contribution in [0.25, 0.3) is 66.4 Å². The van der Waals surface area contributed by atoms with Crippen molar-refractivity contribution in [2.75, 3.05) is 0 Å². The Morgan fingerprint density at radius 1 is 0.431 bits per heavy atom. The molecule has 0 amide bonds. The number of benzene rings is 5. The maximum atomic E-state index is 10.5. The maximum absolute atomic E-state index is 10.5. The molecule has 0 fully saturated rings. The van der Waals surface area contributed by atoms with Crippen molar-refractivity contribution in [2.24, 2.45) is 0 Å². The van der Waals surface area contributed by atoms with E-state index < -0.39 is 0 Å². The van der Waals surface area contributed by atoms with Crippen molar-refractivity contribution in [1.29, 1.82) is 10.5 Å². The fourth-order valence-electron chi connectivity index (χ4n) is 8.30. The second-order valence-electron chi connectivity index (χ2n) is 20.1. The Morgan fingerprint density at radius 2 is 0.776 bits per heavy atom. The average molecular weight is 760 g/mol. The highest BCUT2D eigenvalue weighted by Gasteiger charge is 2.25. The van der Waals surface area contributed by atoms with Crippen molar-refractivity contribution < 1.29 is 0 Å². The second kappa shape index (κ2) is 13.2. The smallest absolute Gasteiger partial charge is 0.140 e. The lowest BCUT2D eigenvalue weighted by Crippen LogP contribution is -2.10. The quantitative estimate of drug-likeness (QED) is 0.180. The lowest BCUT2D eigenvalue weighted by Gasteiger charge is -2.19. The zero-order chi connectivity index (χ0) is 41.7. The van der Waals surface area contributed by atoms with Crippen molar-refractivity contribution in [3.63, 3.8) is 0 Å². The van der Waals surface area contributed by atoms with E-state index in [9.17, 15) is 10.5 Å². The van der Waals surface area contributed by atoms with Gasteiger partial charge in [0.2, 0.25) is 0 Å². The van der Waals surface area contributed by atoms with Crippen LogP contribution in [0.2, 0.25) is 0 Å². The second-order valence-corrected chi connectivity index (χ2v) is 20.1. The highest BCUT2D eigenvalue weighted by molar-refractivity contribution is 6.11. The largest absolute Gasteiger partial charge is 0.294 e. The zero-order valence-electron chi connectivity index (χ0n) is 36.1. The van der Waals surface area contributed by atoms with Gasteiger partial charge in [-0.2, -0.15) is 10.5 Å². The van der Waals surface area contributed by atoms with Gasteiger partial charge in [0.25, 0.3) is 0 Å². The number of fused-ring (bicyclic) bond motifs is 6. The van der Waals surface area contributed by atoms with E-state index in [0.717, 1.165) is 39.3 Å². The van der Waals surface area contributed by atoms with E-state index in [1.807, 2.05) is 12.1 Å². The van der Waals surface area contributed by atoms with Gasteiger partial charge in [0.05, 0.1) is 33.2 Å². The first-order valence-corrected chi connectivity index (χ1v) is 20.3. The molecule has 0 radical (unpaired) electrons. The van der Waals surface area contributed by atoms with E-state index in [1.54, 1.807) is 6.07 Å². The van der Waals surface area contributed by atoms with E-state index in [4.69, 9.17) is 4.98 Å². The number of aromatic nitrogens is 3. The maximum Gasteiger partial charge on any atom is 0.140 e. The predicted molar refractivity (Wildman–Crippen MR) is 243 cm³/mol. The summed E-state index contributed by atoms with van der Waals surface area (Å²) in [6.07, 6.45) is 0. The van der Waals surface area contributed by atoms with Gasteiger partial charge in [-0.25, -0.2) is 4.98 Å². The number of rotatable bonds is 3. The molecule has 3 heterocycles. The molecule has 5 aromatic carbocycles. The van der Waals surface area contributed by atoms with Gasteiger partial charge in [0.1, 0.15) is 23.8 Å². The summed E-state index contributed by atoms with van der Waals surface area (Å²) in [7, 11) is 0. The molecule has 0 aliphatic rings. The topological polar surface area (TPSA) is 70.3 Å². The third-order valence-corrected chi connectivity index (χ3v) is 11.9. The van der Waals surface area contributed by atoms with Crippen LogP contribution < -0.4 is 0 Å². The molecule has 290 valence electrons. The number of hydrogen-bond donors (Lipinski definition) is 0. The van der Waals surface area contributed by atoms with Crippen molar-refractivity contribution in [1.82, 2.24) is 14.1 Å². The molecule has 0 bridgehead atoms. The van der Waals surface area contributed by atoms with Crippen LogP contribution in [0.4, 0.5) is 0 Å². The lowest BCUT2D eigenvalue weighted by atomic mass is 9.85. The van der Waals surface area contributed by atoms with Crippen molar-refractivity contribution in [3.8, 4) is 34.9 Å². The van der Waals surface area contributed by atoms with Crippen LogP contribution in [0.5, 0.6) is 0 Å². The molecule has 8 aromatic rings. The summed E-state index contributed by atoms with van der Waals surface area (Å²) < 4.78 is 4.56. The van der Waals surface area contributed by atoms with Crippen LogP contribution in [0.1, 0.15) is 116 Å². The molecule has 0 spiro atoms. The summed E-state index contributed by atoms with van der Waals surface area (Å²) in [6.45, 7) is 27.1. The van der Waals surface area contributed by atoms with Crippen molar-refractivity contribution in [3.05, 3.63) is 137 Å². The molecule has 8 rings (SSSR count). The first-order chi connectivity index (χ1) is 27.2. The van der Waals surface area contributed by atoms with Gasteiger partial charge in [-0.15, -0.1) is 0 Å². The molecule has 5 nitrogen and oxygen atoms in total. The molecule has 0 N–H and O–H groups in total. The van der Waals surface area contributed by atoms with Gasteiger partial charge >= 0.3 is 0 Å². The summed E-state index contributed by atoms with van der Waals surface area (Å²) in [4.78, 5) is 5.61. The minimum Gasteiger partial charge on any atom is -0.294 e. The van der Waals surface area contributed by atoms with Crippen molar-refractivity contribution >= 4 is 43.6 Å². The fourth-order valence-corrected chi connectivity index (χ4v) is 8.30. The van der Waals surface area contributed by atoms with E-state index >= 15 is 0 Å². The minimum absolute atomic E-state index is 0.0364. The molecule has 0 aliphatic carbocycles.